The third-order valence-corrected chi connectivity index (χ3v) is 1.72. The second-order valence-corrected chi connectivity index (χ2v) is 3.41. The fourth-order valence-electron chi connectivity index (χ4n) is 1.08. The highest BCUT2D eigenvalue weighted by Gasteiger charge is 2.09. The fourth-order valence-corrected chi connectivity index (χ4v) is 1.08. The van der Waals surface area contributed by atoms with E-state index in [9.17, 15) is 4.79 Å². The number of carbonyl (C=O) groups excluding carboxylic acids is 1. The zero-order valence-corrected chi connectivity index (χ0v) is 10.6. The Balaban J connectivity index is 0.000000770. The quantitative estimate of drug-likeness (QED) is 0.443. The highest BCUT2D eigenvalue weighted by atomic mass is 16.5. The maximum Gasteiger partial charge on any atom is 0.252 e. The minimum absolute atomic E-state index is 0.283. The molecule has 1 aromatic rings. The molecule has 0 N–H and O–H groups in total. The Morgan fingerprint density at radius 3 is 2.53 bits per heavy atom. The molecule has 1 amide bonds. The number of amides is 1. The average Bonchev–Trinajstić information content (AvgIpc) is 2.30. The van der Waals surface area contributed by atoms with Gasteiger partial charge in [0, 0.05) is 4.91 Å². The number of aryl methyl sites for hydroxylation is 1. The van der Waals surface area contributed by atoms with Crippen molar-refractivity contribution in [1.82, 2.24) is 0 Å². The summed E-state index contributed by atoms with van der Waals surface area (Å²) in [6, 6.07) is 5.09. The summed E-state index contributed by atoms with van der Waals surface area (Å²) in [5.74, 6) is -0.221. The molecule has 92 valence electrons. The first-order valence-electron chi connectivity index (χ1n) is 5.34. The van der Waals surface area contributed by atoms with Crippen LogP contribution < -0.4 is 4.74 Å². The van der Waals surface area contributed by atoms with Crippen LogP contribution in [0.1, 0.15) is 36.2 Å². The van der Waals surface area contributed by atoms with Gasteiger partial charge in [0.25, 0.3) is 5.91 Å². The Labute approximate surface area is 101 Å². The van der Waals surface area contributed by atoms with Crippen molar-refractivity contribution in [2.75, 3.05) is 7.11 Å². The molecule has 5 nitrogen and oxygen atoms in total. The summed E-state index contributed by atoms with van der Waals surface area (Å²) in [6.45, 7) is 6.09. The monoisotopic (exact) mass is 235 g/mol. The lowest BCUT2D eigenvalue weighted by Gasteiger charge is -2.05. The van der Waals surface area contributed by atoms with Gasteiger partial charge >= 0.3 is 0 Å². The lowest BCUT2D eigenvalue weighted by molar-refractivity contribution is 0.0997. The second kappa shape index (κ2) is 8.19. The summed E-state index contributed by atoms with van der Waals surface area (Å²) in [4.78, 5) is 13.7. The summed E-state index contributed by atoms with van der Waals surface area (Å²) in [7, 11) is 1.46. The molecule has 0 unspecified atom stereocenters. The van der Waals surface area contributed by atoms with Crippen molar-refractivity contribution >= 4 is 5.91 Å². The topological polar surface area (TPSA) is 75.1 Å². The maximum atomic E-state index is 11.3. The largest absolute Gasteiger partial charge is 0.496 e. The summed E-state index contributed by atoms with van der Waals surface area (Å²) < 4.78 is 4.96. The van der Waals surface area contributed by atoms with Crippen LogP contribution in [0.5, 0.6) is 5.75 Å². The molecule has 1 rings (SSSR count). The second-order valence-electron chi connectivity index (χ2n) is 3.41. The van der Waals surface area contributed by atoms with Crippen molar-refractivity contribution in [3.05, 3.63) is 39.8 Å². The molecule has 0 atom stereocenters. The number of hydrogen-bond acceptors (Lipinski definition) is 2. The van der Waals surface area contributed by atoms with Gasteiger partial charge in [-0.3, -0.25) is 4.79 Å². The number of nitrogens with zero attached hydrogens (tertiary/aromatic N) is 3. The first-order chi connectivity index (χ1) is 8.10. The Bertz CT molecular complexity index is 424. The van der Waals surface area contributed by atoms with E-state index in [1.54, 1.807) is 12.1 Å². The van der Waals surface area contributed by atoms with Crippen LogP contribution in [-0.4, -0.2) is 13.0 Å². The van der Waals surface area contributed by atoms with Gasteiger partial charge in [-0.1, -0.05) is 31.9 Å². The third kappa shape index (κ3) is 5.04. The molecule has 0 spiro atoms. The van der Waals surface area contributed by atoms with E-state index >= 15 is 0 Å². The van der Waals surface area contributed by atoms with E-state index in [2.05, 4.69) is 23.9 Å². The average molecular weight is 235 g/mol. The Morgan fingerprint density at radius 1 is 1.47 bits per heavy atom. The number of ether oxygens (including phenoxy) is 1. The van der Waals surface area contributed by atoms with Crippen LogP contribution in [0.4, 0.5) is 0 Å². The van der Waals surface area contributed by atoms with Crippen molar-refractivity contribution in [3.63, 3.8) is 0 Å². The molecule has 0 aromatic heterocycles. The van der Waals surface area contributed by atoms with E-state index < -0.39 is 5.91 Å². The number of carbonyl (C=O) groups is 1. The molecule has 17 heavy (non-hydrogen) atoms. The van der Waals surface area contributed by atoms with Crippen LogP contribution in [0, 0.1) is 6.92 Å². The molecular formula is C12H17N3O2. The van der Waals surface area contributed by atoms with Gasteiger partial charge in [0.2, 0.25) is 0 Å². The normalized spacial score (nSPS) is 8.47. The SMILES string of the molecule is CCC.COc1ccc(C)cc1C(=O)N=[N+]=[N-]. The third-order valence-electron chi connectivity index (χ3n) is 1.72. The molecular weight excluding hydrogens is 218 g/mol. The van der Waals surface area contributed by atoms with Gasteiger partial charge in [0.1, 0.15) is 5.75 Å². The minimum atomic E-state index is -0.631. The van der Waals surface area contributed by atoms with Crippen LogP contribution in [0.15, 0.2) is 23.3 Å². The van der Waals surface area contributed by atoms with E-state index in [4.69, 9.17) is 10.3 Å². The molecule has 0 aliphatic heterocycles. The first kappa shape index (κ1) is 15.0. The van der Waals surface area contributed by atoms with E-state index in [1.807, 2.05) is 13.0 Å². The smallest absolute Gasteiger partial charge is 0.252 e. The van der Waals surface area contributed by atoms with Crippen LogP contribution in [0.25, 0.3) is 10.4 Å². The van der Waals surface area contributed by atoms with Gasteiger partial charge in [-0.2, -0.15) is 0 Å². The predicted octanol–water partition coefficient (Wildman–Crippen LogP) is 3.87. The molecule has 0 bridgehead atoms. The van der Waals surface area contributed by atoms with Gasteiger partial charge in [0.05, 0.1) is 12.7 Å². The molecule has 0 saturated carbocycles. The van der Waals surface area contributed by atoms with Crippen LogP contribution in [-0.2, 0) is 0 Å². The van der Waals surface area contributed by atoms with Gasteiger partial charge < -0.3 is 4.74 Å². The number of hydrogen-bond donors (Lipinski definition) is 0. The molecule has 1 aromatic carbocycles. The molecule has 0 aliphatic carbocycles. The summed E-state index contributed by atoms with van der Waals surface area (Å²) in [6.07, 6.45) is 1.25. The van der Waals surface area contributed by atoms with Crippen molar-refractivity contribution in [2.24, 2.45) is 5.11 Å². The zero-order valence-electron chi connectivity index (χ0n) is 10.6. The van der Waals surface area contributed by atoms with Crippen LogP contribution >= 0.6 is 0 Å². The highest BCUT2D eigenvalue weighted by molar-refractivity contribution is 5.97. The lowest BCUT2D eigenvalue weighted by atomic mass is 10.1. The van der Waals surface area contributed by atoms with Gasteiger partial charge in [-0.25, -0.2) is 0 Å². The lowest BCUT2D eigenvalue weighted by Crippen LogP contribution is -1.98. The van der Waals surface area contributed by atoms with Gasteiger partial charge in [-0.05, 0) is 29.7 Å². The molecule has 0 fully saturated rings. The molecule has 0 heterocycles. The summed E-state index contributed by atoms with van der Waals surface area (Å²) >= 11 is 0. The maximum absolute atomic E-state index is 11.3. The number of azide groups is 1. The van der Waals surface area contributed by atoms with Gasteiger partial charge in [0.15, 0.2) is 0 Å². The Kier molecular flexibility index (Phi) is 7.22. The summed E-state index contributed by atoms with van der Waals surface area (Å²) in [5, 5.41) is 3.01. The first-order valence-corrected chi connectivity index (χ1v) is 5.34. The fraction of sp³-hybridized carbons (Fsp3) is 0.417. The van der Waals surface area contributed by atoms with E-state index in [1.165, 1.54) is 13.5 Å². The number of methoxy groups -OCH3 is 1. The standard InChI is InChI=1S/C9H9N3O2.C3H8/c1-6-3-4-8(14-2)7(5-6)9(13)11-12-10;1-3-2/h3-5H,1-2H3;3H2,1-2H3. The number of benzene rings is 1. The van der Waals surface area contributed by atoms with Crippen molar-refractivity contribution in [3.8, 4) is 5.75 Å². The Hall–Kier alpha value is -2.00. The van der Waals surface area contributed by atoms with Crippen LogP contribution in [0.2, 0.25) is 0 Å². The van der Waals surface area contributed by atoms with Gasteiger partial charge in [-0.15, -0.1) is 0 Å². The molecule has 5 heteroatoms. The molecule has 0 radical (unpaired) electrons. The van der Waals surface area contributed by atoms with E-state index in [-0.39, 0.29) is 5.56 Å². The summed E-state index contributed by atoms with van der Waals surface area (Å²) in [5.41, 5.74) is 9.32. The van der Waals surface area contributed by atoms with E-state index in [0.717, 1.165) is 5.56 Å². The predicted molar refractivity (Wildman–Crippen MR) is 67.2 cm³/mol. The van der Waals surface area contributed by atoms with E-state index in [0.29, 0.717) is 5.75 Å². The zero-order chi connectivity index (χ0) is 13.3. The Morgan fingerprint density at radius 2 is 2.06 bits per heavy atom. The molecule has 0 aliphatic rings. The van der Waals surface area contributed by atoms with Crippen molar-refractivity contribution < 1.29 is 9.53 Å². The van der Waals surface area contributed by atoms with Crippen molar-refractivity contribution in [1.29, 1.82) is 0 Å². The highest BCUT2D eigenvalue weighted by Crippen LogP contribution is 2.20. The number of rotatable bonds is 2. The van der Waals surface area contributed by atoms with Crippen LogP contribution in [0.3, 0.4) is 0 Å². The molecule has 0 saturated heterocycles. The minimum Gasteiger partial charge on any atom is -0.496 e. The van der Waals surface area contributed by atoms with Crippen molar-refractivity contribution in [2.45, 2.75) is 27.2 Å².